The van der Waals surface area contributed by atoms with E-state index in [2.05, 4.69) is 5.32 Å². The van der Waals surface area contributed by atoms with Gasteiger partial charge in [-0.1, -0.05) is 23.7 Å². The number of amides is 1. The maximum absolute atomic E-state index is 12.7. The number of nitrogens with two attached hydrogens (primary N) is 1. The van der Waals surface area contributed by atoms with E-state index in [0.717, 1.165) is 5.39 Å². The molecule has 0 radical (unpaired) electrons. The van der Waals surface area contributed by atoms with Gasteiger partial charge >= 0.3 is 0 Å². The van der Waals surface area contributed by atoms with Crippen LogP contribution < -0.4 is 15.4 Å². The molecule has 0 aromatic heterocycles. The molecule has 1 saturated heterocycles. The van der Waals surface area contributed by atoms with Gasteiger partial charge in [-0.2, -0.15) is 0 Å². The van der Waals surface area contributed by atoms with Crippen LogP contribution in [-0.4, -0.2) is 33.4 Å². The van der Waals surface area contributed by atoms with Gasteiger partial charge in [-0.05, 0) is 42.5 Å². The van der Waals surface area contributed by atoms with Crippen LogP contribution >= 0.6 is 11.6 Å². The topological polar surface area (TPSA) is 102 Å². The van der Waals surface area contributed by atoms with E-state index in [1.54, 1.807) is 48.5 Å². The highest BCUT2D eigenvalue weighted by Crippen LogP contribution is 2.34. The van der Waals surface area contributed by atoms with Crippen LogP contribution in [0.4, 0.5) is 17.1 Å². The molecule has 7 nitrogen and oxygen atoms in total. The third-order valence-electron chi connectivity index (χ3n) is 4.69. The van der Waals surface area contributed by atoms with Crippen molar-refractivity contribution in [1.82, 2.24) is 0 Å². The van der Waals surface area contributed by atoms with Crippen molar-refractivity contribution < 1.29 is 17.9 Å². The summed E-state index contributed by atoms with van der Waals surface area (Å²) in [6.07, 6.45) is 0. The summed E-state index contributed by atoms with van der Waals surface area (Å²) in [5.74, 6) is -0.672. The fourth-order valence-electron chi connectivity index (χ4n) is 3.28. The lowest BCUT2D eigenvalue weighted by Crippen LogP contribution is -2.41. The number of sulfonamides is 1. The van der Waals surface area contributed by atoms with Crippen molar-refractivity contribution in [3.8, 4) is 0 Å². The average Bonchev–Trinajstić information content (AvgIpc) is 2.70. The standard InChI is InChI=1S/C20H18ClN3O4S/c21-16-8-9-18(15-2-1-3-17(22)19(15)16)23-20(25)13-4-6-14(7-5-13)24-10-11-28-12-29(24,26)27/h1-9H,10-12,22H2,(H,23,25). The number of nitrogen functional groups attached to an aromatic ring is 1. The van der Waals surface area contributed by atoms with Crippen molar-refractivity contribution in [2.45, 2.75) is 0 Å². The number of rotatable bonds is 3. The quantitative estimate of drug-likeness (QED) is 0.618. The largest absolute Gasteiger partial charge is 0.398 e. The maximum atomic E-state index is 12.7. The molecule has 0 unspecified atom stereocenters. The molecule has 1 amide bonds. The number of nitrogens with one attached hydrogen (secondary N) is 1. The van der Waals surface area contributed by atoms with Crippen molar-refractivity contribution in [2.75, 3.05) is 34.4 Å². The molecule has 0 aliphatic carbocycles. The Labute approximate surface area is 173 Å². The van der Waals surface area contributed by atoms with Gasteiger partial charge in [-0.15, -0.1) is 0 Å². The normalized spacial score (nSPS) is 16.0. The van der Waals surface area contributed by atoms with Crippen LogP contribution in [0.15, 0.2) is 54.6 Å². The second-order valence-electron chi connectivity index (χ2n) is 6.58. The molecular weight excluding hydrogens is 414 g/mol. The lowest BCUT2D eigenvalue weighted by Gasteiger charge is -2.28. The Balaban J connectivity index is 1.59. The Bertz CT molecular complexity index is 1190. The summed E-state index contributed by atoms with van der Waals surface area (Å²) < 4.78 is 30.5. The maximum Gasteiger partial charge on any atom is 0.259 e. The summed E-state index contributed by atoms with van der Waals surface area (Å²) in [6.45, 7) is 0.570. The van der Waals surface area contributed by atoms with Crippen LogP contribution in [0.25, 0.3) is 10.8 Å². The number of benzene rings is 3. The zero-order valence-corrected chi connectivity index (χ0v) is 16.8. The Kier molecular flexibility index (Phi) is 5.08. The number of carbonyl (C=O) groups is 1. The zero-order valence-electron chi connectivity index (χ0n) is 15.3. The molecule has 4 rings (SSSR count). The van der Waals surface area contributed by atoms with Crippen molar-refractivity contribution in [1.29, 1.82) is 0 Å². The fourth-order valence-corrected chi connectivity index (χ4v) is 4.80. The molecule has 150 valence electrons. The Hall–Kier alpha value is -2.81. The highest BCUT2D eigenvalue weighted by Gasteiger charge is 2.26. The Morgan fingerprint density at radius 1 is 1.10 bits per heavy atom. The number of fused-ring (bicyclic) bond motifs is 1. The molecule has 3 N–H and O–H groups in total. The van der Waals surface area contributed by atoms with Gasteiger partial charge in [0.2, 0.25) is 0 Å². The number of hydrogen-bond acceptors (Lipinski definition) is 5. The first-order chi connectivity index (χ1) is 13.9. The van der Waals surface area contributed by atoms with Gasteiger partial charge in [-0.25, -0.2) is 8.42 Å². The molecule has 0 bridgehead atoms. The monoisotopic (exact) mass is 431 g/mol. The van der Waals surface area contributed by atoms with Crippen molar-refractivity contribution in [2.24, 2.45) is 0 Å². The lowest BCUT2D eigenvalue weighted by molar-refractivity contribution is 0.102. The Morgan fingerprint density at radius 2 is 1.86 bits per heavy atom. The van der Waals surface area contributed by atoms with Crippen molar-refractivity contribution >= 4 is 55.4 Å². The molecule has 3 aromatic rings. The van der Waals surface area contributed by atoms with E-state index < -0.39 is 10.0 Å². The number of nitrogens with zero attached hydrogens (tertiary/aromatic N) is 1. The van der Waals surface area contributed by atoms with Crippen LogP contribution in [0.2, 0.25) is 5.02 Å². The molecular formula is C20H18ClN3O4S. The summed E-state index contributed by atoms with van der Waals surface area (Å²) in [5, 5.41) is 4.79. The van der Waals surface area contributed by atoms with E-state index in [9.17, 15) is 13.2 Å². The Morgan fingerprint density at radius 3 is 2.59 bits per heavy atom. The van der Waals surface area contributed by atoms with Gasteiger partial charge in [0.25, 0.3) is 15.9 Å². The molecule has 1 aliphatic rings. The lowest BCUT2D eigenvalue weighted by atomic mass is 10.1. The summed E-state index contributed by atoms with van der Waals surface area (Å²) in [5.41, 5.74) is 8.02. The van der Waals surface area contributed by atoms with Gasteiger partial charge in [0.1, 0.15) is 0 Å². The molecule has 1 heterocycles. The second kappa shape index (κ2) is 7.55. The zero-order chi connectivity index (χ0) is 20.6. The van der Waals surface area contributed by atoms with Crippen molar-refractivity contribution in [3.05, 3.63) is 65.2 Å². The van der Waals surface area contributed by atoms with Crippen LogP contribution in [0, 0.1) is 0 Å². The van der Waals surface area contributed by atoms with Crippen LogP contribution in [0.1, 0.15) is 10.4 Å². The molecule has 0 atom stereocenters. The summed E-state index contributed by atoms with van der Waals surface area (Å²) in [6, 6.07) is 15.2. The minimum atomic E-state index is -3.50. The molecule has 1 aliphatic heterocycles. The SMILES string of the molecule is Nc1cccc2c(NC(=O)c3ccc(N4CCOCS4(=O)=O)cc3)ccc(Cl)c12. The molecule has 3 aromatic carbocycles. The van der Waals surface area contributed by atoms with E-state index in [1.807, 2.05) is 6.07 Å². The molecule has 29 heavy (non-hydrogen) atoms. The third kappa shape index (κ3) is 3.74. The smallest absolute Gasteiger partial charge is 0.259 e. The van der Waals surface area contributed by atoms with Crippen molar-refractivity contribution in [3.63, 3.8) is 0 Å². The van der Waals surface area contributed by atoms with Crippen LogP contribution in [0.3, 0.4) is 0 Å². The predicted octanol–water partition coefficient (Wildman–Crippen LogP) is 3.45. The summed E-state index contributed by atoms with van der Waals surface area (Å²) >= 11 is 6.25. The number of ether oxygens (including phenoxy) is 1. The highest BCUT2D eigenvalue weighted by atomic mass is 35.5. The van der Waals surface area contributed by atoms with E-state index in [4.69, 9.17) is 22.1 Å². The molecule has 9 heteroatoms. The van der Waals surface area contributed by atoms with Gasteiger partial charge in [0.15, 0.2) is 5.94 Å². The first kappa shape index (κ1) is 19.5. The summed E-state index contributed by atoms with van der Waals surface area (Å²) in [4.78, 5) is 12.7. The first-order valence-electron chi connectivity index (χ1n) is 8.83. The molecule has 0 saturated carbocycles. The van der Waals surface area contributed by atoms with Gasteiger partial charge < -0.3 is 15.8 Å². The fraction of sp³-hybridized carbons (Fsp3) is 0.150. The number of hydrogen-bond donors (Lipinski definition) is 2. The average molecular weight is 432 g/mol. The second-order valence-corrected chi connectivity index (χ2v) is 8.82. The van der Waals surface area contributed by atoms with Gasteiger partial charge in [-0.3, -0.25) is 9.10 Å². The third-order valence-corrected chi connectivity index (χ3v) is 6.54. The van der Waals surface area contributed by atoms with E-state index in [1.165, 1.54) is 4.31 Å². The number of halogens is 1. The molecule has 0 spiro atoms. The number of anilines is 3. The highest BCUT2D eigenvalue weighted by molar-refractivity contribution is 7.92. The minimum Gasteiger partial charge on any atom is -0.398 e. The molecule has 1 fully saturated rings. The van der Waals surface area contributed by atoms with E-state index >= 15 is 0 Å². The summed E-state index contributed by atoms with van der Waals surface area (Å²) in [7, 11) is -3.50. The van der Waals surface area contributed by atoms with Crippen LogP contribution in [-0.2, 0) is 14.8 Å². The number of carbonyl (C=O) groups excluding carboxylic acids is 1. The minimum absolute atomic E-state index is 0.242. The first-order valence-corrected chi connectivity index (χ1v) is 10.8. The van der Waals surface area contributed by atoms with Crippen LogP contribution in [0.5, 0.6) is 0 Å². The van der Waals surface area contributed by atoms with Gasteiger partial charge in [0, 0.05) is 27.7 Å². The predicted molar refractivity (Wildman–Crippen MR) is 115 cm³/mol. The van der Waals surface area contributed by atoms with E-state index in [-0.39, 0.29) is 18.4 Å². The van der Waals surface area contributed by atoms with E-state index in [0.29, 0.717) is 39.6 Å². The van der Waals surface area contributed by atoms with Gasteiger partial charge in [0.05, 0.1) is 23.9 Å².